The number of aromatic nitrogens is 2. The van der Waals surface area contributed by atoms with Crippen molar-refractivity contribution >= 4 is 11.8 Å². The van der Waals surface area contributed by atoms with E-state index in [0.717, 1.165) is 5.69 Å². The summed E-state index contributed by atoms with van der Waals surface area (Å²) in [5, 5.41) is 2.99. The molecule has 0 fully saturated rings. The quantitative estimate of drug-likeness (QED) is 0.770. The monoisotopic (exact) mass is 198 g/mol. The number of rotatable bonds is 4. The molecule has 0 saturated carbocycles. The predicted octanol–water partition coefficient (Wildman–Crippen LogP) is 1.53. The first-order chi connectivity index (χ1) is 6.58. The van der Waals surface area contributed by atoms with Crippen molar-refractivity contribution in [1.82, 2.24) is 9.97 Å². The molecule has 0 aliphatic carbocycles. The number of hydrogen-bond donors (Lipinski definition) is 2. The zero-order chi connectivity index (χ0) is 10.6. The Kier molecular flexibility index (Phi) is 3.62. The lowest BCUT2D eigenvalue weighted by molar-refractivity contribution is 0.348. The molecule has 1 unspecified atom stereocenters. The highest BCUT2D eigenvalue weighted by atomic mass is 19.1. The molecule has 0 bridgehead atoms. The van der Waals surface area contributed by atoms with Crippen molar-refractivity contribution in [2.45, 2.75) is 26.4 Å². The van der Waals surface area contributed by atoms with Crippen molar-refractivity contribution < 1.29 is 4.39 Å². The van der Waals surface area contributed by atoms with E-state index in [-0.39, 0.29) is 5.95 Å². The number of alkyl halides is 1. The second-order valence-corrected chi connectivity index (χ2v) is 3.25. The van der Waals surface area contributed by atoms with Gasteiger partial charge in [0.15, 0.2) is 0 Å². The average Bonchev–Trinajstić information content (AvgIpc) is 2.01. The molecule has 0 spiro atoms. The highest BCUT2D eigenvalue weighted by molar-refractivity contribution is 5.39. The molecule has 0 amide bonds. The van der Waals surface area contributed by atoms with Gasteiger partial charge in [0, 0.05) is 18.3 Å². The SMILES string of the molecule is Cc1cc(NCCC(C)F)nc(N)n1. The molecule has 14 heavy (non-hydrogen) atoms. The van der Waals surface area contributed by atoms with Crippen molar-refractivity contribution in [1.29, 1.82) is 0 Å². The standard InChI is InChI=1S/C9H15FN4/c1-6(10)3-4-12-8-5-7(2)13-9(11)14-8/h5-6H,3-4H2,1-2H3,(H3,11,12,13,14). The van der Waals surface area contributed by atoms with Gasteiger partial charge in [-0.15, -0.1) is 0 Å². The molecule has 1 atom stereocenters. The van der Waals surface area contributed by atoms with Crippen LogP contribution in [0.3, 0.4) is 0 Å². The number of nitrogens with two attached hydrogens (primary N) is 1. The second kappa shape index (κ2) is 4.74. The summed E-state index contributed by atoms with van der Waals surface area (Å²) in [5.41, 5.74) is 6.25. The van der Waals surface area contributed by atoms with Crippen LogP contribution in [0, 0.1) is 6.92 Å². The fraction of sp³-hybridized carbons (Fsp3) is 0.556. The lowest BCUT2D eigenvalue weighted by Crippen LogP contribution is -2.09. The molecule has 1 rings (SSSR count). The zero-order valence-corrected chi connectivity index (χ0v) is 8.42. The molecule has 0 aliphatic rings. The number of hydrogen-bond acceptors (Lipinski definition) is 4. The number of anilines is 2. The molecule has 1 aromatic rings. The third-order valence-electron chi connectivity index (χ3n) is 1.72. The lowest BCUT2D eigenvalue weighted by atomic mass is 10.3. The van der Waals surface area contributed by atoms with E-state index in [1.807, 2.05) is 6.92 Å². The van der Waals surface area contributed by atoms with Crippen LogP contribution in [0.4, 0.5) is 16.2 Å². The van der Waals surface area contributed by atoms with E-state index in [4.69, 9.17) is 5.73 Å². The smallest absolute Gasteiger partial charge is 0.222 e. The van der Waals surface area contributed by atoms with Crippen LogP contribution >= 0.6 is 0 Å². The molecule has 0 aliphatic heterocycles. The Morgan fingerprint density at radius 3 is 2.86 bits per heavy atom. The highest BCUT2D eigenvalue weighted by Gasteiger charge is 2.00. The van der Waals surface area contributed by atoms with Crippen molar-refractivity contribution in [2.24, 2.45) is 0 Å². The van der Waals surface area contributed by atoms with Crippen LogP contribution in [0.2, 0.25) is 0 Å². The summed E-state index contributed by atoms with van der Waals surface area (Å²) in [5.74, 6) is 0.886. The molecular formula is C9H15FN4. The Bertz CT molecular complexity index is 281. The molecule has 0 radical (unpaired) electrons. The van der Waals surface area contributed by atoms with Gasteiger partial charge >= 0.3 is 0 Å². The van der Waals surface area contributed by atoms with Crippen molar-refractivity contribution in [3.8, 4) is 0 Å². The predicted molar refractivity (Wildman–Crippen MR) is 54.9 cm³/mol. The van der Waals surface area contributed by atoms with E-state index in [1.165, 1.54) is 6.92 Å². The van der Waals surface area contributed by atoms with Gasteiger partial charge in [0.05, 0.1) is 6.17 Å². The van der Waals surface area contributed by atoms with Gasteiger partial charge in [-0.05, 0) is 20.3 Å². The molecule has 0 aromatic carbocycles. The van der Waals surface area contributed by atoms with Gasteiger partial charge in [0.1, 0.15) is 5.82 Å². The molecule has 5 heteroatoms. The van der Waals surface area contributed by atoms with Crippen LogP contribution in [0.25, 0.3) is 0 Å². The first-order valence-electron chi connectivity index (χ1n) is 4.57. The second-order valence-electron chi connectivity index (χ2n) is 3.25. The number of nitrogens with one attached hydrogen (secondary N) is 1. The van der Waals surface area contributed by atoms with Crippen LogP contribution < -0.4 is 11.1 Å². The molecule has 0 saturated heterocycles. The van der Waals surface area contributed by atoms with Gasteiger partial charge in [-0.25, -0.2) is 9.37 Å². The summed E-state index contributed by atoms with van der Waals surface area (Å²) < 4.78 is 12.5. The fourth-order valence-electron chi connectivity index (χ4n) is 1.08. The van der Waals surface area contributed by atoms with E-state index < -0.39 is 6.17 Å². The van der Waals surface area contributed by atoms with E-state index in [0.29, 0.717) is 18.8 Å². The maximum Gasteiger partial charge on any atom is 0.222 e. The fourth-order valence-corrected chi connectivity index (χ4v) is 1.08. The maximum atomic E-state index is 12.5. The average molecular weight is 198 g/mol. The maximum absolute atomic E-state index is 12.5. The summed E-state index contributed by atoms with van der Waals surface area (Å²) in [6, 6.07) is 1.78. The van der Waals surface area contributed by atoms with Crippen LogP contribution in [-0.4, -0.2) is 22.7 Å². The van der Waals surface area contributed by atoms with Gasteiger partial charge < -0.3 is 11.1 Å². The third-order valence-corrected chi connectivity index (χ3v) is 1.72. The minimum Gasteiger partial charge on any atom is -0.370 e. The van der Waals surface area contributed by atoms with E-state index in [1.54, 1.807) is 6.07 Å². The van der Waals surface area contributed by atoms with Crippen molar-refractivity contribution in [3.63, 3.8) is 0 Å². The largest absolute Gasteiger partial charge is 0.370 e. The summed E-state index contributed by atoms with van der Waals surface area (Å²) in [6.07, 6.45) is -0.342. The van der Waals surface area contributed by atoms with E-state index in [2.05, 4.69) is 15.3 Å². The Morgan fingerprint density at radius 1 is 1.57 bits per heavy atom. The van der Waals surface area contributed by atoms with Gasteiger partial charge in [-0.1, -0.05) is 0 Å². The van der Waals surface area contributed by atoms with Crippen LogP contribution in [0.5, 0.6) is 0 Å². The number of aryl methyl sites for hydroxylation is 1. The molecule has 3 N–H and O–H groups in total. The van der Waals surface area contributed by atoms with Gasteiger partial charge in [-0.2, -0.15) is 4.98 Å². The summed E-state index contributed by atoms with van der Waals surface area (Å²) in [4.78, 5) is 7.89. The molecule has 4 nitrogen and oxygen atoms in total. The third kappa shape index (κ3) is 3.55. The van der Waals surface area contributed by atoms with Crippen LogP contribution in [-0.2, 0) is 0 Å². The Balaban J connectivity index is 2.50. The minimum absolute atomic E-state index is 0.237. The molecule has 78 valence electrons. The van der Waals surface area contributed by atoms with Crippen molar-refractivity contribution in [3.05, 3.63) is 11.8 Å². The zero-order valence-electron chi connectivity index (χ0n) is 8.42. The first-order valence-corrected chi connectivity index (χ1v) is 4.57. The number of halogens is 1. The van der Waals surface area contributed by atoms with Gasteiger partial charge in [0.2, 0.25) is 5.95 Å². The molecule has 1 aromatic heterocycles. The Hall–Kier alpha value is -1.39. The van der Waals surface area contributed by atoms with Gasteiger partial charge in [-0.3, -0.25) is 0 Å². The topological polar surface area (TPSA) is 63.8 Å². The summed E-state index contributed by atoms with van der Waals surface area (Å²) in [6.45, 7) is 3.91. The van der Waals surface area contributed by atoms with Gasteiger partial charge in [0.25, 0.3) is 0 Å². The van der Waals surface area contributed by atoms with E-state index in [9.17, 15) is 4.39 Å². The number of nitrogens with zero attached hydrogens (tertiary/aromatic N) is 2. The molecular weight excluding hydrogens is 183 g/mol. The van der Waals surface area contributed by atoms with Crippen molar-refractivity contribution in [2.75, 3.05) is 17.6 Å². The summed E-state index contributed by atoms with van der Waals surface area (Å²) >= 11 is 0. The van der Waals surface area contributed by atoms with Crippen LogP contribution in [0.15, 0.2) is 6.07 Å². The Morgan fingerprint density at radius 2 is 2.29 bits per heavy atom. The van der Waals surface area contributed by atoms with E-state index >= 15 is 0 Å². The first kappa shape index (κ1) is 10.7. The lowest BCUT2D eigenvalue weighted by Gasteiger charge is -2.06. The minimum atomic E-state index is -0.803. The van der Waals surface area contributed by atoms with Crippen LogP contribution in [0.1, 0.15) is 19.0 Å². The highest BCUT2D eigenvalue weighted by Crippen LogP contribution is 2.07. The number of nitrogen functional groups attached to an aromatic ring is 1. The Labute approximate surface area is 82.8 Å². The molecule has 1 heterocycles. The summed E-state index contributed by atoms with van der Waals surface area (Å²) in [7, 11) is 0. The normalized spacial score (nSPS) is 12.5.